The summed E-state index contributed by atoms with van der Waals surface area (Å²) < 4.78 is 0. The Hall–Kier alpha value is -1.36. The van der Waals surface area contributed by atoms with Gasteiger partial charge in [-0.3, -0.25) is 15.2 Å². The molecule has 15 heavy (non-hydrogen) atoms. The molecule has 1 aliphatic rings. The average Bonchev–Trinajstić information content (AvgIpc) is 2.66. The van der Waals surface area contributed by atoms with Crippen LogP contribution in [0.15, 0.2) is 6.07 Å². The number of nitrogens with one attached hydrogen (secondary N) is 3. The zero-order valence-electron chi connectivity index (χ0n) is 9.00. The van der Waals surface area contributed by atoms with Crippen LogP contribution in [0.3, 0.4) is 0 Å². The molecule has 0 bridgehead atoms. The van der Waals surface area contributed by atoms with Crippen molar-refractivity contribution in [1.82, 2.24) is 20.8 Å². The summed E-state index contributed by atoms with van der Waals surface area (Å²) in [6, 6.07) is 2.03. The number of aromatic amines is 1. The van der Waals surface area contributed by atoms with Crippen LogP contribution in [0.25, 0.3) is 0 Å². The monoisotopic (exact) mass is 208 g/mol. The zero-order chi connectivity index (χ0) is 10.8. The van der Waals surface area contributed by atoms with Gasteiger partial charge in [0.2, 0.25) is 5.91 Å². The van der Waals surface area contributed by atoms with Crippen LogP contribution in [0.2, 0.25) is 0 Å². The van der Waals surface area contributed by atoms with E-state index in [1.54, 1.807) is 0 Å². The fraction of sp³-hybridized carbons (Fsp3) is 0.600. The molecule has 1 aliphatic heterocycles. The molecule has 1 fully saturated rings. The van der Waals surface area contributed by atoms with E-state index in [-0.39, 0.29) is 18.0 Å². The van der Waals surface area contributed by atoms with E-state index in [1.807, 2.05) is 19.9 Å². The second kappa shape index (κ2) is 4.02. The third kappa shape index (κ3) is 2.02. The van der Waals surface area contributed by atoms with Crippen LogP contribution in [-0.4, -0.2) is 28.7 Å². The van der Waals surface area contributed by atoms with Crippen LogP contribution >= 0.6 is 0 Å². The number of aryl methyl sites for hydroxylation is 1. The van der Waals surface area contributed by atoms with Crippen molar-refractivity contribution in [3.05, 3.63) is 17.5 Å². The first-order valence-electron chi connectivity index (χ1n) is 5.26. The first-order chi connectivity index (χ1) is 7.20. The molecule has 0 spiro atoms. The van der Waals surface area contributed by atoms with Crippen molar-refractivity contribution < 1.29 is 4.79 Å². The maximum absolute atomic E-state index is 11.4. The molecule has 1 aromatic heterocycles. The zero-order valence-corrected chi connectivity index (χ0v) is 9.00. The molecule has 0 aliphatic carbocycles. The highest BCUT2D eigenvalue weighted by molar-refractivity contribution is 5.82. The third-order valence-electron chi connectivity index (χ3n) is 2.69. The number of hydrogen-bond acceptors (Lipinski definition) is 3. The molecule has 2 rings (SSSR count). The fourth-order valence-corrected chi connectivity index (χ4v) is 1.81. The highest BCUT2D eigenvalue weighted by Crippen LogP contribution is 2.15. The summed E-state index contributed by atoms with van der Waals surface area (Å²) in [6.07, 6.45) is 0.797. The van der Waals surface area contributed by atoms with Gasteiger partial charge in [0.25, 0.3) is 0 Å². The third-order valence-corrected chi connectivity index (χ3v) is 2.69. The smallest absolute Gasteiger partial charge is 0.237 e. The molecule has 5 nitrogen and oxygen atoms in total. The highest BCUT2D eigenvalue weighted by Gasteiger charge is 2.28. The van der Waals surface area contributed by atoms with Crippen molar-refractivity contribution in [3.8, 4) is 0 Å². The number of nitrogens with zero attached hydrogens (tertiary/aromatic N) is 1. The Kier molecular flexibility index (Phi) is 2.73. The van der Waals surface area contributed by atoms with E-state index < -0.39 is 0 Å². The first kappa shape index (κ1) is 10.2. The molecule has 2 unspecified atom stereocenters. The molecule has 1 saturated heterocycles. The number of carbonyl (C=O) groups excluding carboxylic acids is 1. The molecule has 2 atom stereocenters. The Morgan fingerprint density at radius 1 is 1.60 bits per heavy atom. The lowest BCUT2D eigenvalue weighted by molar-refractivity contribution is -0.125. The fourth-order valence-electron chi connectivity index (χ4n) is 1.81. The Bertz CT molecular complexity index is 360. The molecular weight excluding hydrogens is 192 g/mol. The molecule has 5 heteroatoms. The quantitative estimate of drug-likeness (QED) is 0.653. The van der Waals surface area contributed by atoms with Gasteiger partial charge in [0, 0.05) is 12.2 Å². The number of piperazine rings is 1. The lowest BCUT2D eigenvalue weighted by Crippen LogP contribution is -2.54. The van der Waals surface area contributed by atoms with Gasteiger partial charge >= 0.3 is 0 Å². The SMILES string of the molecule is CCC1NC(c2cc(C)[nH]n2)CNC1=O. The van der Waals surface area contributed by atoms with Crippen LogP contribution in [0.1, 0.15) is 30.8 Å². The topological polar surface area (TPSA) is 69.8 Å². The van der Waals surface area contributed by atoms with Crippen LogP contribution < -0.4 is 10.6 Å². The van der Waals surface area contributed by atoms with Gasteiger partial charge in [-0.1, -0.05) is 6.92 Å². The van der Waals surface area contributed by atoms with Crippen LogP contribution in [0.4, 0.5) is 0 Å². The minimum Gasteiger partial charge on any atom is -0.353 e. The van der Waals surface area contributed by atoms with Crippen molar-refractivity contribution in [2.24, 2.45) is 0 Å². The summed E-state index contributed by atoms with van der Waals surface area (Å²) in [4.78, 5) is 11.4. The Labute approximate surface area is 88.6 Å². The first-order valence-corrected chi connectivity index (χ1v) is 5.26. The van der Waals surface area contributed by atoms with Crippen molar-refractivity contribution in [2.75, 3.05) is 6.54 Å². The minimum atomic E-state index is -0.0965. The molecular formula is C10H16N4O. The van der Waals surface area contributed by atoms with Gasteiger partial charge in [-0.15, -0.1) is 0 Å². The number of carbonyl (C=O) groups is 1. The maximum atomic E-state index is 11.4. The van der Waals surface area contributed by atoms with E-state index in [0.29, 0.717) is 6.54 Å². The second-order valence-electron chi connectivity index (χ2n) is 3.90. The second-order valence-corrected chi connectivity index (χ2v) is 3.90. The predicted octanol–water partition coefficient (Wildman–Crippen LogP) is 0.257. The van der Waals surface area contributed by atoms with Crippen molar-refractivity contribution in [3.63, 3.8) is 0 Å². The molecule has 3 N–H and O–H groups in total. The van der Waals surface area contributed by atoms with Gasteiger partial charge in [0.1, 0.15) is 0 Å². The summed E-state index contributed by atoms with van der Waals surface area (Å²) in [5.41, 5.74) is 2.00. The largest absolute Gasteiger partial charge is 0.353 e. The Morgan fingerprint density at radius 3 is 3.00 bits per heavy atom. The van der Waals surface area contributed by atoms with E-state index in [1.165, 1.54) is 0 Å². The van der Waals surface area contributed by atoms with Gasteiger partial charge in [-0.2, -0.15) is 5.10 Å². The van der Waals surface area contributed by atoms with Gasteiger partial charge in [-0.25, -0.2) is 0 Å². The number of H-pyrrole nitrogens is 1. The van der Waals surface area contributed by atoms with E-state index in [4.69, 9.17) is 0 Å². The number of amides is 1. The molecule has 0 aromatic carbocycles. The lowest BCUT2D eigenvalue weighted by Gasteiger charge is -2.29. The summed E-state index contributed by atoms with van der Waals surface area (Å²) in [7, 11) is 0. The van der Waals surface area contributed by atoms with Gasteiger partial charge in [0.15, 0.2) is 0 Å². The van der Waals surface area contributed by atoms with Gasteiger partial charge < -0.3 is 5.32 Å². The minimum absolute atomic E-state index is 0.0843. The Balaban J connectivity index is 2.09. The number of aromatic nitrogens is 2. The van der Waals surface area contributed by atoms with Gasteiger partial charge in [0.05, 0.1) is 17.8 Å². The number of rotatable bonds is 2. The van der Waals surface area contributed by atoms with E-state index in [9.17, 15) is 4.79 Å². The lowest BCUT2D eigenvalue weighted by atomic mass is 10.1. The standard InChI is InChI=1S/C10H16N4O/c1-3-7-10(15)11-5-9(12-7)8-4-6(2)13-14-8/h4,7,9,12H,3,5H2,1-2H3,(H,11,15)(H,13,14). The van der Waals surface area contributed by atoms with Crippen LogP contribution in [0, 0.1) is 6.92 Å². The maximum Gasteiger partial charge on any atom is 0.237 e. The molecule has 82 valence electrons. The summed E-state index contributed by atoms with van der Waals surface area (Å²) in [5, 5.41) is 13.3. The summed E-state index contributed by atoms with van der Waals surface area (Å²) in [6.45, 7) is 4.57. The molecule has 0 saturated carbocycles. The van der Waals surface area contributed by atoms with E-state index in [2.05, 4.69) is 20.8 Å². The average molecular weight is 208 g/mol. The van der Waals surface area contributed by atoms with Crippen LogP contribution in [0.5, 0.6) is 0 Å². The summed E-state index contributed by atoms with van der Waals surface area (Å²) >= 11 is 0. The Morgan fingerprint density at radius 2 is 2.40 bits per heavy atom. The highest BCUT2D eigenvalue weighted by atomic mass is 16.2. The van der Waals surface area contributed by atoms with E-state index >= 15 is 0 Å². The van der Waals surface area contributed by atoms with E-state index in [0.717, 1.165) is 17.8 Å². The predicted molar refractivity (Wildman–Crippen MR) is 56.3 cm³/mol. The van der Waals surface area contributed by atoms with Crippen molar-refractivity contribution in [1.29, 1.82) is 0 Å². The van der Waals surface area contributed by atoms with Crippen molar-refractivity contribution >= 4 is 5.91 Å². The molecule has 0 radical (unpaired) electrons. The summed E-state index contributed by atoms with van der Waals surface area (Å²) in [5.74, 6) is 0.0843. The molecule has 1 aromatic rings. The molecule has 1 amide bonds. The normalized spacial score (nSPS) is 26.4. The number of hydrogen-bond donors (Lipinski definition) is 3. The van der Waals surface area contributed by atoms with Crippen LogP contribution in [-0.2, 0) is 4.79 Å². The van der Waals surface area contributed by atoms with Gasteiger partial charge in [-0.05, 0) is 19.4 Å². The molecule has 2 heterocycles. The van der Waals surface area contributed by atoms with Crippen molar-refractivity contribution in [2.45, 2.75) is 32.4 Å².